The van der Waals surface area contributed by atoms with Gasteiger partial charge in [0.25, 0.3) is 15.9 Å². The number of hydrogen-bond donors (Lipinski definition) is 2. The SMILES string of the molecule is Cc1ccccc1NS(=O)(=O)c1cc(C(=O)NCCN2CCOCC2)ccc1Cl. The fraction of sp³-hybridized carbons (Fsp3) is 0.350. The molecule has 2 aromatic carbocycles. The number of ether oxygens (including phenoxy) is 1. The van der Waals surface area contributed by atoms with Crippen LogP contribution in [0, 0.1) is 6.92 Å². The Bertz CT molecular complexity index is 975. The molecule has 29 heavy (non-hydrogen) atoms. The second kappa shape index (κ2) is 9.58. The first kappa shape index (κ1) is 21.6. The van der Waals surface area contributed by atoms with Gasteiger partial charge in [0.15, 0.2) is 0 Å². The van der Waals surface area contributed by atoms with Crippen molar-refractivity contribution in [2.24, 2.45) is 0 Å². The molecule has 0 spiro atoms. The molecular formula is C20H24ClN3O4S. The number of para-hydroxylation sites is 1. The van der Waals surface area contributed by atoms with Gasteiger partial charge < -0.3 is 10.1 Å². The third-order valence-corrected chi connectivity index (χ3v) is 6.54. The van der Waals surface area contributed by atoms with Gasteiger partial charge in [0.2, 0.25) is 0 Å². The van der Waals surface area contributed by atoms with Gasteiger partial charge in [-0.2, -0.15) is 0 Å². The minimum atomic E-state index is -3.94. The maximum atomic E-state index is 12.8. The number of halogens is 1. The Labute approximate surface area is 176 Å². The van der Waals surface area contributed by atoms with Crippen molar-refractivity contribution in [1.82, 2.24) is 10.2 Å². The lowest BCUT2D eigenvalue weighted by Crippen LogP contribution is -2.41. The van der Waals surface area contributed by atoms with E-state index in [9.17, 15) is 13.2 Å². The van der Waals surface area contributed by atoms with Gasteiger partial charge in [0.05, 0.1) is 23.9 Å². The molecule has 2 aromatic rings. The summed E-state index contributed by atoms with van der Waals surface area (Å²) in [7, 11) is -3.94. The van der Waals surface area contributed by atoms with E-state index in [4.69, 9.17) is 16.3 Å². The Morgan fingerprint density at radius 2 is 1.90 bits per heavy atom. The molecule has 2 N–H and O–H groups in total. The summed E-state index contributed by atoms with van der Waals surface area (Å²) < 4.78 is 33.5. The van der Waals surface area contributed by atoms with Crippen molar-refractivity contribution in [3.63, 3.8) is 0 Å². The van der Waals surface area contributed by atoms with Gasteiger partial charge in [-0.1, -0.05) is 29.8 Å². The molecule has 0 aliphatic carbocycles. The fourth-order valence-electron chi connectivity index (χ4n) is 2.99. The van der Waals surface area contributed by atoms with Gasteiger partial charge in [-0.25, -0.2) is 8.42 Å². The first-order valence-electron chi connectivity index (χ1n) is 9.33. The van der Waals surface area contributed by atoms with Crippen LogP contribution in [0.1, 0.15) is 15.9 Å². The number of nitrogens with one attached hydrogen (secondary N) is 2. The molecule has 0 atom stereocenters. The van der Waals surface area contributed by atoms with Crippen LogP contribution in [0.15, 0.2) is 47.4 Å². The van der Waals surface area contributed by atoms with Crippen LogP contribution in [0.3, 0.4) is 0 Å². The molecule has 1 aliphatic rings. The molecule has 1 aliphatic heterocycles. The largest absolute Gasteiger partial charge is 0.379 e. The summed E-state index contributed by atoms with van der Waals surface area (Å²) in [6, 6.07) is 11.3. The van der Waals surface area contributed by atoms with Crippen molar-refractivity contribution in [1.29, 1.82) is 0 Å². The average molecular weight is 438 g/mol. The summed E-state index contributed by atoms with van der Waals surface area (Å²) in [5.41, 5.74) is 1.48. The average Bonchev–Trinajstić information content (AvgIpc) is 2.70. The van der Waals surface area contributed by atoms with E-state index in [0.717, 1.165) is 18.7 Å². The fourth-order valence-corrected chi connectivity index (χ4v) is 4.65. The molecule has 156 valence electrons. The van der Waals surface area contributed by atoms with Crippen LogP contribution in [0.5, 0.6) is 0 Å². The lowest BCUT2D eigenvalue weighted by atomic mass is 10.2. The molecular weight excluding hydrogens is 414 g/mol. The Morgan fingerprint density at radius 1 is 1.17 bits per heavy atom. The van der Waals surface area contributed by atoms with Crippen LogP contribution in [0.2, 0.25) is 5.02 Å². The molecule has 1 saturated heterocycles. The third-order valence-electron chi connectivity index (χ3n) is 4.69. The number of carbonyl (C=O) groups is 1. The van der Waals surface area contributed by atoms with Crippen LogP contribution < -0.4 is 10.0 Å². The molecule has 1 heterocycles. The maximum Gasteiger partial charge on any atom is 0.263 e. The molecule has 3 rings (SSSR count). The highest BCUT2D eigenvalue weighted by Crippen LogP contribution is 2.26. The van der Waals surface area contributed by atoms with E-state index in [1.54, 1.807) is 25.1 Å². The second-order valence-electron chi connectivity index (χ2n) is 6.78. The number of morpholine rings is 1. The number of hydrogen-bond acceptors (Lipinski definition) is 5. The summed E-state index contributed by atoms with van der Waals surface area (Å²) in [5.74, 6) is -0.345. The van der Waals surface area contributed by atoms with Crippen molar-refractivity contribution >= 4 is 33.2 Å². The zero-order valence-corrected chi connectivity index (χ0v) is 17.7. The van der Waals surface area contributed by atoms with Crippen LogP contribution >= 0.6 is 11.6 Å². The highest BCUT2D eigenvalue weighted by Gasteiger charge is 2.21. The van der Waals surface area contributed by atoms with Crippen LogP contribution in [-0.4, -0.2) is 58.6 Å². The smallest absolute Gasteiger partial charge is 0.263 e. The minimum Gasteiger partial charge on any atom is -0.379 e. The molecule has 0 aromatic heterocycles. The molecule has 0 unspecified atom stereocenters. The number of amides is 1. The van der Waals surface area contributed by atoms with Crippen LogP contribution in [-0.2, 0) is 14.8 Å². The first-order chi connectivity index (χ1) is 13.9. The number of benzene rings is 2. The Morgan fingerprint density at radius 3 is 2.62 bits per heavy atom. The zero-order chi connectivity index (χ0) is 20.9. The quantitative estimate of drug-likeness (QED) is 0.694. The lowest BCUT2D eigenvalue weighted by molar-refractivity contribution is 0.0383. The van der Waals surface area contributed by atoms with Gasteiger partial charge in [-0.3, -0.25) is 14.4 Å². The number of sulfonamides is 1. The number of aryl methyl sites for hydroxylation is 1. The maximum absolute atomic E-state index is 12.8. The van der Waals surface area contributed by atoms with Gasteiger partial charge in [0.1, 0.15) is 4.90 Å². The summed E-state index contributed by atoms with van der Waals surface area (Å²) in [6.45, 7) is 6.04. The van der Waals surface area contributed by atoms with Gasteiger partial charge >= 0.3 is 0 Å². The van der Waals surface area contributed by atoms with Crippen molar-refractivity contribution in [2.45, 2.75) is 11.8 Å². The van der Waals surface area contributed by atoms with Crippen LogP contribution in [0.4, 0.5) is 5.69 Å². The summed E-state index contributed by atoms with van der Waals surface area (Å²) in [5, 5.41) is 2.88. The zero-order valence-electron chi connectivity index (χ0n) is 16.2. The van der Waals surface area contributed by atoms with E-state index in [2.05, 4.69) is 14.9 Å². The Balaban J connectivity index is 1.69. The predicted molar refractivity (Wildman–Crippen MR) is 113 cm³/mol. The number of anilines is 1. The molecule has 1 amide bonds. The van der Waals surface area contributed by atoms with Crippen molar-refractivity contribution in [3.8, 4) is 0 Å². The van der Waals surface area contributed by atoms with Crippen molar-refractivity contribution in [3.05, 3.63) is 58.6 Å². The van der Waals surface area contributed by atoms with Crippen molar-refractivity contribution < 1.29 is 17.9 Å². The van der Waals surface area contributed by atoms with E-state index in [0.29, 0.717) is 32.0 Å². The second-order valence-corrected chi connectivity index (χ2v) is 8.83. The summed E-state index contributed by atoms with van der Waals surface area (Å²) in [6.07, 6.45) is 0. The van der Waals surface area contributed by atoms with E-state index >= 15 is 0 Å². The van der Waals surface area contributed by atoms with Crippen LogP contribution in [0.25, 0.3) is 0 Å². The number of rotatable bonds is 7. The predicted octanol–water partition coefficient (Wildman–Crippen LogP) is 2.51. The van der Waals surface area contributed by atoms with Gasteiger partial charge in [-0.05, 0) is 36.8 Å². The van der Waals surface area contributed by atoms with E-state index < -0.39 is 10.0 Å². The highest BCUT2D eigenvalue weighted by atomic mass is 35.5. The molecule has 7 nitrogen and oxygen atoms in total. The number of nitrogens with zero attached hydrogens (tertiary/aromatic N) is 1. The normalized spacial score (nSPS) is 15.1. The monoisotopic (exact) mass is 437 g/mol. The highest BCUT2D eigenvalue weighted by molar-refractivity contribution is 7.92. The number of carbonyl (C=O) groups excluding carboxylic acids is 1. The summed E-state index contributed by atoms with van der Waals surface area (Å²) >= 11 is 6.13. The van der Waals surface area contributed by atoms with Gasteiger partial charge in [-0.15, -0.1) is 0 Å². The van der Waals surface area contributed by atoms with Gasteiger partial charge in [0, 0.05) is 31.7 Å². The van der Waals surface area contributed by atoms with Crippen molar-refractivity contribution in [2.75, 3.05) is 44.1 Å². The third kappa shape index (κ3) is 5.70. The molecule has 1 fully saturated rings. The topological polar surface area (TPSA) is 87.7 Å². The standard InChI is InChI=1S/C20H24ClN3O4S/c1-15-4-2-3-5-18(15)23-29(26,27)19-14-16(6-7-17(19)21)20(25)22-8-9-24-10-12-28-13-11-24/h2-7,14,23H,8-13H2,1H3,(H,22,25). The first-order valence-corrected chi connectivity index (χ1v) is 11.2. The molecule has 0 radical (unpaired) electrons. The Kier molecular flexibility index (Phi) is 7.13. The van der Waals surface area contributed by atoms with E-state index in [1.807, 2.05) is 6.07 Å². The molecule has 9 heteroatoms. The molecule has 0 bridgehead atoms. The molecule has 0 saturated carbocycles. The Hall–Kier alpha value is -2.13. The van der Waals surface area contributed by atoms with E-state index in [1.165, 1.54) is 18.2 Å². The minimum absolute atomic E-state index is 0.0518. The lowest BCUT2D eigenvalue weighted by Gasteiger charge is -2.26. The van der Waals surface area contributed by atoms with E-state index in [-0.39, 0.29) is 21.4 Å². The summed E-state index contributed by atoms with van der Waals surface area (Å²) in [4.78, 5) is 14.5.